The fourth-order valence-electron chi connectivity index (χ4n) is 4.15. The lowest BCUT2D eigenvalue weighted by Gasteiger charge is -2.25. The van der Waals surface area contributed by atoms with Crippen LogP contribution in [0.3, 0.4) is 0 Å². The molecule has 0 saturated heterocycles. The zero-order valence-corrected chi connectivity index (χ0v) is 20.6. The van der Waals surface area contributed by atoms with Gasteiger partial charge >= 0.3 is 5.97 Å². The van der Waals surface area contributed by atoms with Gasteiger partial charge in [0.25, 0.3) is 5.91 Å². The van der Waals surface area contributed by atoms with Crippen molar-refractivity contribution in [2.24, 2.45) is 0 Å². The van der Waals surface area contributed by atoms with Crippen molar-refractivity contribution >= 4 is 22.9 Å². The maximum atomic E-state index is 13.5. The number of amides is 1. The Morgan fingerprint density at radius 3 is 2.19 bits per heavy atom. The molecular weight excluding hydrogens is 476 g/mol. The van der Waals surface area contributed by atoms with Gasteiger partial charge < -0.3 is 10.0 Å². The number of halogens is 2. The van der Waals surface area contributed by atoms with E-state index in [9.17, 15) is 18.4 Å². The number of carbonyl (C=O) groups excluding carboxylic acids is 1. The summed E-state index contributed by atoms with van der Waals surface area (Å²) in [6.07, 6.45) is 1.63. The van der Waals surface area contributed by atoms with Gasteiger partial charge in [-0.25, -0.2) is 18.7 Å². The standard InChI is InChI=1S/C29H27F2N3O3/c1-18(19-7-12-22(30)13-8-19)34(2)29(37)21-11-16-24-26(17-21)32-25(5-3-4-6-27(35)36)28(33-24)20-9-14-23(31)15-10-20/h7-18H,3-6H2,1-2H3,(H,35,36)/t18-/m0/s1. The first kappa shape index (κ1) is 25.9. The third kappa shape index (κ3) is 6.14. The number of fused-ring (bicyclic) bond motifs is 1. The van der Waals surface area contributed by atoms with Crippen molar-refractivity contribution in [3.05, 3.63) is 95.2 Å². The fraction of sp³-hybridized carbons (Fsp3) is 0.241. The van der Waals surface area contributed by atoms with Crippen LogP contribution in [0.2, 0.25) is 0 Å². The van der Waals surface area contributed by atoms with Gasteiger partial charge in [-0.15, -0.1) is 0 Å². The molecule has 4 aromatic rings. The average molecular weight is 504 g/mol. The predicted molar refractivity (Wildman–Crippen MR) is 137 cm³/mol. The van der Waals surface area contributed by atoms with Gasteiger partial charge in [-0.1, -0.05) is 12.1 Å². The molecule has 4 rings (SSSR count). The van der Waals surface area contributed by atoms with E-state index in [2.05, 4.69) is 0 Å². The van der Waals surface area contributed by atoms with E-state index in [1.807, 2.05) is 6.92 Å². The topological polar surface area (TPSA) is 83.4 Å². The number of nitrogens with zero attached hydrogens (tertiary/aromatic N) is 3. The van der Waals surface area contributed by atoms with Crippen molar-refractivity contribution in [1.82, 2.24) is 14.9 Å². The van der Waals surface area contributed by atoms with E-state index in [0.29, 0.717) is 52.8 Å². The molecule has 6 nitrogen and oxygen atoms in total. The summed E-state index contributed by atoms with van der Waals surface area (Å²) in [5, 5.41) is 8.95. The van der Waals surface area contributed by atoms with E-state index >= 15 is 0 Å². The SMILES string of the molecule is C[C@@H](c1ccc(F)cc1)N(C)C(=O)c1ccc2nc(-c3ccc(F)cc3)c(CCCCC(=O)O)nc2c1. The van der Waals surface area contributed by atoms with Gasteiger partial charge in [0.1, 0.15) is 11.6 Å². The number of carbonyl (C=O) groups is 2. The minimum Gasteiger partial charge on any atom is -0.481 e. The normalized spacial score (nSPS) is 11.9. The van der Waals surface area contributed by atoms with Gasteiger partial charge in [0.2, 0.25) is 0 Å². The van der Waals surface area contributed by atoms with Gasteiger partial charge in [0.15, 0.2) is 0 Å². The molecule has 0 fully saturated rings. The highest BCUT2D eigenvalue weighted by molar-refractivity contribution is 5.97. The first-order valence-electron chi connectivity index (χ1n) is 12.0. The van der Waals surface area contributed by atoms with Crippen molar-refractivity contribution in [2.75, 3.05) is 7.05 Å². The predicted octanol–water partition coefficient (Wildman–Crippen LogP) is 6.21. The number of unbranched alkanes of at least 4 members (excludes halogenated alkanes) is 1. The maximum absolute atomic E-state index is 13.5. The number of hydrogen-bond donors (Lipinski definition) is 1. The Labute approximate surface area is 213 Å². The van der Waals surface area contributed by atoms with Crippen LogP contribution in [0.25, 0.3) is 22.3 Å². The van der Waals surface area contributed by atoms with Crippen molar-refractivity contribution in [1.29, 1.82) is 0 Å². The minimum absolute atomic E-state index is 0.0596. The highest BCUT2D eigenvalue weighted by Gasteiger charge is 2.20. The Morgan fingerprint density at radius 1 is 0.892 bits per heavy atom. The number of aliphatic carboxylic acids is 1. The lowest BCUT2D eigenvalue weighted by molar-refractivity contribution is -0.137. The Balaban J connectivity index is 1.65. The number of rotatable bonds is 9. The van der Waals surface area contributed by atoms with Crippen molar-refractivity contribution < 1.29 is 23.5 Å². The third-order valence-corrected chi connectivity index (χ3v) is 6.41. The molecule has 1 atom stereocenters. The highest BCUT2D eigenvalue weighted by atomic mass is 19.1. The molecule has 0 saturated carbocycles. The number of hydrogen-bond acceptors (Lipinski definition) is 4. The summed E-state index contributed by atoms with van der Waals surface area (Å²) >= 11 is 0. The average Bonchev–Trinajstić information content (AvgIpc) is 2.90. The molecule has 190 valence electrons. The van der Waals surface area contributed by atoms with Gasteiger partial charge in [-0.2, -0.15) is 0 Å². The lowest BCUT2D eigenvalue weighted by atomic mass is 10.0. The van der Waals surface area contributed by atoms with Crippen LogP contribution in [0.1, 0.15) is 53.8 Å². The molecule has 0 spiro atoms. The first-order valence-corrected chi connectivity index (χ1v) is 12.0. The maximum Gasteiger partial charge on any atom is 0.303 e. The van der Waals surface area contributed by atoms with Crippen molar-refractivity contribution in [3.63, 3.8) is 0 Å². The molecule has 0 aliphatic rings. The number of carboxylic acids is 1. The first-order chi connectivity index (χ1) is 17.7. The van der Waals surface area contributed by atoms with Crippen LogP contribution in [-0.2, 0) is 11.2 Å². The van der Waals surface area contributed by atoms with E-state index in [4.69, 9.17) is 15.1 Å². The Kier molecular flexibility index (Phi) is 7.86. The molecule has 1 amide bonds. The summed E-state index contributed by atoms with van der Waals surface area (Å²) in [6, 6.07) is 16.9. The van der Waals surface area contributed by atoms with Gasteiger partial charge in [0.05, 0.1) is 28.5 Å². The van der Waals surface area contributed by atoms with E-state index in [1.54, 1.807) is 54.4 Å². The van der Waals surface area contributed by atoms with Crippen molar-refractivity contribution in [2.45, 2.75) is 38.6 Å². The zero-order chi connectivity index (χ0) is 26.5. The fourth-order valence-corrected chi connectivity index (χ4v) is 4.15. The zero-order valence-electron chi connectivity index (χ0n) is 20.6. The molecule has 0 radical (unpaired) electrons. The number of benzene rings is 3. The lowest BCUT2D eigenvalue weighted by Crippen LogP contribution is -2.29. The number of carboxylic acid groups (broad SMARTS) is 1. The molecule has 37 heavy (non-hydrogen) atoms. The second-order valence-electron chi connectivity index (χ2n) is 8.97. The summed E-state index contributed by atoms with van der Waals surface area (Å²) in [5.74, 6) is -1.77. The monoisotopic (exact) mass is 503 g/mol. The second-order valence-corrected chi connectivity index (χ2v) is 8.97. The quantitative estimate of drug-likeness (QED) is 0.275. The minimum atomic E-state index is -0.856. The van der Waals surface area contributed by atoms with Crippen LogP contribution in [0.15, 0.2) is 66.7 Å². The summed E-state index contributed by atoms with van der Waals surface area (Å²) in [5.41, 5.74) is 4.32. The third-order valence-electron chi connectivity index (χ3n) is 6.41. The summed E-state index contributed by atoms with van der Waals surface area (Å²) in [4.78, 5) is 35.3. The molecular formula is C29H27F2N3O3. The molecule has 8 heteroatoms. The van der Waals surface area contributed by atoms with Gasteiger partial charge in [-0.05, 0) is 86.3 Å². The smallest absolute Gasteiger partial charge is 0.303 e. The molecule has 1 heterocycles. The molecule has 0 aliphatic carbocycles. The molecule has 0 aliphatic heterocycles. The summed E-state index contributed by atoms with van der Waals surface area (Å²) in [6.45, 7) is 1.87. The van der Waals surface area contributed by atoms with E-state index < -0.39 is 5.97 Å². The van der Waals surface area contributed by atoms with E-state index in [1.165, 1.54) is 24.3 Å². The van der Waals surface area contributed by atoms with Gasteiger partial charge in [0, 0.05) is 24.6 Å². The molecule has 3 aromatic carbocycles. The number of aryl methyl sites for hydroxylation is 1. The summed E-state index contributed by atoms with van der Waals surface area (Å²) in [7, 11) is 1.69. The van der Waals surface area contributed by atoms with Crippen LogP contribution >= 0.6 is 0 Å². The van der Waals surface area contributed by atoms with Crippen LogP contribution in [0, 0.1) is 11.6 Å². The Bertz CT molecular complexity index is 1420. The Morgan fingerprint density at radius 2 is 1.54 bits per heavy atom. The van der Waals surface area contributed by atoms with Gasteiger partial charge in [-0.3, -0.25) is 9.59 Å². The largest absolute Gasteiger partial charge is 0.481 e. The van der Waals surface area contributed by atoms with E-state index in [-0.39, 0.29) is 30.0 Å². The van der Waals surface area contributed by atoms with Crippen LogP contribution in [0.5, 0.6) is 0 Å². The molecule has 0 bridgehead atoms. The van der Waals surface area contributed by atoms with Crippen LogP contribution in [0.4, 0.5) is 8.78 Å². The number of aromatic nitrogens is 2. The Hall–Kier alpha value is -4.20. The van der Waals surface area contributed by atoms with Crippen molar-refractivity contribution in [3.8, 4) is 11.3 Å². The molecule has 0 unspecified atom stereocenters. The second kappa shape index (κ2) is 11.2. The molecule has 1 N–H and O–H groups in total. The van der Waals surface area contributed by atoms with E-state index in [0.717, 1.165) is 5.56 Å². The van der Waals surface area contributed by atoms with Crippen LogP contribution < -0.4 is 0 Å². The van der Waals surface area contributed by atoms with Crippen LogP contribution in [-0.4, -0.2) is 38.9 Å². The summed E-state index contributed by atoms with van der Waals surface area (Å²) < 4.78 is 26.8. The molecule has 1 aromatic heterocycles. The highest BCUT2D eigenvalue weighted by Crippen LogP contribution is 2.27.